The molecule has 0 radical (unpaired) electrons. The van der Waals surface area contributed by atoms with Gasteiger partial charge in [0.1, 0.15) is 0 Å². The fourth-order valence-corrected chi connectivity index (χ4v) is 2.60. The molecule has 0 saturated carbocycles. The van der Waals surface area contributed by atoms with Crippen molar-refractivity contribution in [3.05, 3.63) is 0 Å². The quantitative estimate of drug-likeness (QED) is 0.716. The van der Waals surface area contributed by atoms with E-state index in [0.717, 1.165) is 18.8 Å². The first-order valence-corrected chi connectivity index (χ1v) is 8.10. The molecule has 0 bridgehead atoms. The van der Waals surface area contributed by atoms with Crippen molar-refractivity contribution < 1.29 is 4.43 Å². The third-order valence-electron chi connectivity index (χ3n) is 3.20. The Kier molecular flexibility index (Phi) is 3.06. The van der Waals surface area contributed by atoms with Crippen molar-refractivity contribution >= 4 is 14.2 Å². The topological polar surface area (TPSA) is 47.6 Å². The van der Waals surface area contributed by atoms with Crippen molar-refractivity contribution in [2.45, 2.75) is 51.4 Å². The third-order valence-corrected chi connectivity index (χ3v) is 7.74. The molecule has 0 fully saturated rings. The summed E-state index contributed by atoms with van der Waals surface area (Å²) in [7, 11) is -1.63. The summed E-state index contributed by atoms with van der Waals surface area (Å²) in [4.78, 5) is 4.18. The molecular weight excluding hydrogens is 192 g/mol. The summed E-state index contributed by atoms with van der Waals surface area (Å²) in [6, 6.07) is 0. The molecule has 4 heteroatoms. The van der Waals surface area contributed by atoms with E-state index in [0.29, 0.717) is 0 Å². The van der Waals surface area contributed by atoms with E-state index in [1.54, 1.807) is 0 Å². The smallest absolute Gasteiger partial charge is 0.192 e. The largest absolute Gasteiger partial charge is 0.412 e. The summed E-state index contributed by atoms with van der Waals surface area (Å²) >= 11 is 0. The van der Waals surface area contributed by atoms with Gasteiger partial charge in [-0.25, -0.2) is 0 Å². The second-order valence-electron chi connectivity index (χ2n) is 5.54. The maximum absolute atomic E-state index is 6.18. The Balaban J connectivity index is 2.53. The van der Waals surface area contributed by atoms with E-state index < -0.39 is 8.32 Å². The SMILES string of the molecule is CC(C)(C)[Si](C)(C)OC1CN=C(N)C1. The van der Waals surface area contributed by atoms with Gasteiger partial charge < -0.3 is 10.2 Å². The zero-order chi connectivity index (χ0) is 11.0. The van der Waals surface area contributed by atoms with Crippen molar-refractivity contribution in [3.63, 3.8) is 0 Å². The Labute approximate surface area is 87.9 Å². The Morgan fingerprint density at radius 2 is 2.00 bits per heavy atom. The molecule has 0 amide bonds. The summed E-state index contributed by atoms with van der Waals surface area (Å²) < 4.78 is 6.18. The molecule has 0 spiro atoms. The molecule has 1 aliphatic rings. The van der Waals surface area contributed by atoms with Gasteiger partial charge in [0.2, 0.25) is 0 Å². The van der Waals surface area contributed by atoms with Gasteiger partial charge in [-0.3, -0.25) is 4.99 Å². The highest BCUT2D eigenvalue weighted by molar-refractivity contribution is 6.74. The normalized spacial score (nSPS) is 23.8. The van der Waals surface area contributed by atoms with Crippen LogP contribution in [-0.2, 0) is 4.43 Å². The van der Waals surface area contributed by atoms with Gasteiger partial charge in [-0.15, -0.1) is 0 Å². The molecule has 1 aliphatic heterocycles. The van der Waals surface area contributed by atoms with Crippen LogP contribution in [0.3, 0.4) is 0 Å². The minimum atomic E-state index is -1.63. The van der Waals surface area contributed by atoms with E-state index in [1.807, 2.05) is 0 Å². The van der Waals surface area contributed by atoms with Crippen molar-refractivity contribution in [2.24, 2.45) is 10.7 Å². The summed E-state index contributed by atoms with van der Waals surface area (Å²) in [6.45, 7) is 12.0. The molecule has 1 heterocycles. The van der Waals surface area contributed by atoms with Crippen LogP contribution in [0, 0.1) is 0 Å². The van der Waals surface area contributed by atoms with Crippen molar-refractivity contribution in [1.29, 1.82) is 0 Å². The second kappa shape index (κ2) is 3.66. The van der Waals surface area contributed by atoms with Crippen LogP contribution in [0.25, 0.3) is 0 Å². The second-order valence-corrected chi connectivity index (χ2v) is 10.3. The van der Waals surface area contributed by atoms with E-state index in [2.05, 4.69) is 38.9 Å². The van der Waals surface area contributed by atoms with Gasteiger partial charge in [-0.2, -0.15) is 0 Å². The number of aliphatic imine (C=N–C) groups is 1. The first-order chi connectivity index (χ1) is 6.22. The van der Waals surface area contributed by atoms with Crippen LogP contribution in [0.2, 0.25) is 18.1 Å². The van der Waals surface area contributed by atoms with E-state index in [4.69, 9.17) is 10.2 Å². The van der Waals surface area contributed by atoms with Gasteiger partial charge >= 0.3 is 0 Å². The van der Waals surface area contributed by atoms with Gasteiger partial charge in [-0.1, -0.05) is 20.8 Å². The van der Waals surface area contributed by atoms with E-state index in [9.17, 15) is 0 Å². The third kappa shape index (κ3) is 2.57. The molecule has 0 aromatic heterocycles. The molecule has 1 atom stereocenters. The molecule has 0 aromatic rings. The minimum absolute atomic E-state index is 0.232. The Hall–Kier alpha value is -0.353. The lowest BCUT2D eigenvalue weighted by atomic mass is 10.2. The zero-order valence-corrected chi connectivity index (χ0v) is 10.9. The van der Waals surface area contributed by atoms with Gasteiger partial charge in [0, 0.05) is 6.42 Å². The maximum atomic E-state index is 6.18. The monoisotopic (exact) mass is 214 g/mol. The fourth-order valence-electron chi connectivity index (χ4n) is 1.25. The van der Waals surface area contributed by atoms with Crippen LogP contribution in [-0.4, -0.2) is 26.8 Å². The van der Waals surface area contributed by atoms with E-state index in [-0.39, 0.29) is 11.1 Å². The molecule has 82 valence electrons. The van der Waals surface area contributed by atoms with Crippen LogP contribution in [0.1, 0.15) is 27.2 Å². The number of rotatable bonds is 2. The van der Waals surface area contributed by atoms with Gasteiger partial charge in [0.25, 0.3) is 0 Å². The number of hydrogen-bond donors (Lipinski definition) is 1. The number of nitrogens with zero attached hydrogens (tertiary/aromatic N) is 1. The highest BCUT2D eigenvalue weighted by Crippen LogP contribution is 2.37. The standard InChI is InChI=1S/C10H22N2OSi/c1-10(2,3)14(4,5)13-8-6-9(11)12-7-8/h8H,6-7H2,1-5H3,(H2,11,12). The average molecular weight is 214 g/mol. The lowest BCUT2D eigenvalue weighted by Crippen LogP contribution is -2.44. The number of nitrogens with two attached hydrogens (primary N) is 1. The summed E-state index contributed by atoms with van der Waals surface area (Å²) in [5.74, 6) is 0.744. The molecule has 3 nitrogen and oxygen atoms in total. The Morgan fingerprint density at radius 3 is 2.36 bits per heavy atom. The molecule has 2 N–H and O–H groups in total. The van der Waals surface area contributed by atoms with Gasteiger partial charge in [0.05, 0.1) is 18.5 Å². The van der Waals surface area contributed by atoms with Gasteiger partial charge in [0.15, 0.2) is 8.32 Å². The average Bonchev–Trinajstić information content (AvgIpc) is 2.31. The molecular formula is C10H22N2OSi. The number of amidine groups is 1. The van der Waals surface area contributed by atoms with Crippen molar-refractivity contribution in [1.82, 2.24) is 0 Å². The molecule has 0 aliphatic carbocycles. The Morgan fingerprint density at radius 1 is 1.43 bits per heavy atom. The zero-order valence-electron chi connectivity index (χ0n) is 9.92. The predicted molar refractivity (Wildman–Crippen MR) is 63.2 cm³/mol. The van der Waals surface area contributed by atoms with Gasteiger partial charge in [-0.05, 0) is 18.1 Å². The number of hydrogen-bond acceptors (Lipinski definition) is 3. The van der Waals surface area contributed by atoms with Crippen LogP contribution in [0.15, 0.2) is 4.99 Å². The Bertz CT molecular complexity index is 243. The molecule has 1 rings (SSSR count). The predicted octanol–water partition coefficient (Wildman–Crippen LogP) is 2.14. The maximum Gasteiger partial charge on any atom is 0.192 e. The first kappa shape index (κ1) is 11.7. The van der Waals surface area contributed by atoms with Crippen LogP contribution in [0.5, 0.6) is 0 Å². The molecule has 0 saturated heterocycles. The summed E-state index contributed by atoms with van der Waals surface area (Å²) in [5.41, 5.74) is 5.64. The molecule has 0 aromatic carbocycles. The summed E-state index contributed by atoms with van der Waals surface area (Å²) in [6.07, 6.45) is 1.04. The highest BCUT2D eigenvalue weighted by Gasteiger charge is 2.39. The molecule has 14 heavy (non-hydrogen) atoms. The first-order valence-electron chi connectivity index (χ1n) is 5.19. The molecule has 1 unspecified atom stereocenters. The van der Waals surface area contributed by atoms with Crippen LogP contribution in [0.4, 0.5) is 0 Å². The van der Waals surface area contributed by atoms with Crippen molar-refractivity contribution in [3.8, 4) is 0 Å². The minimum Gasteiger partial charge on any atom is -0.412 e. The lowest BCUT2D eigenvalue weighted by molar-refractivity contribution is 0.203. The van der Waals surface area contributed by atoms with Crippen LogP contribution >= 0.6 is 0 Å². The van der Waals surface area contributed by atoms with Crippen LogP contribution < -0.4 is 5.73 Å². The van der Waals surface area contributed by atoms with E-state index in [1.165, 1.54) is 0 Å². The lowest BCUT2D eigenvalue weighted by Gasteiger charge is -2.38. The highest BCUT2D eigenvalue weighted by atomic mass is 28.4. The summed E-state index contributed by atoms with van der Waals surface area (Å²) in [5, 5.41) is 0.268. The van der Waals surface area contributed by atoms with Crippen molar-refractivity contribution in [2.75, 3.05) is 6.54 Å². The van der Waals surface area contributed by atoms with E-state index >= 15 is 0 Å². The fraction of sp³-hybridized carbons (Fsp3) is 0.900.